The van der Waals surface area contributed by atoms with Gasteiger partial charge >= 0.3 is 13.5 Å². The lowest BCUT2D eigenvalue weighted by Crippen LogP contribution is -2.26. The summed E-state index contributed by atoms with van der Waals surface area (Å²) < 4.78 is 16.8. The highest BCUT2D eigenvalue weighted by molar-refractivity contribution is 7.46. The van der Waals surface area contributed by atoms with Crippen LogP contribution >= 0.6 is 19.4 Å². The van der Waals surface area contributed by atoms with Gasteiger partial charge < -0.3 is 19.9 Å². The largest absolute Gasteiger partial charge is 0.493 e. The van der Waals surface area contributed by atoms with Crippen molar-refractivity contribution in [2.75, 3.05) is 6.61 Å². The van der Waals surface area contributed by atoms with E-state index in [4.69, 9.17) is 26.6 Å². The van der Waals surface area contributed by atoms with Crippen LogP contribution in [0.1, 0.15) is 28.4 Å². The number of H-pyrrole nitrogens is 1. The van der Waals surface area contributed by atoms with E-state index in [0.717, 1.165) is 10.1 Å². The number of nitrogens with zero attached hydrogens (tertiary/aromatic N) is 3. The number of hydrogen-bond donors (Lipinski definition) is 4. The number of hydrogen-bond acceptors (Lipinski definition) is 6. The summed E-state index contributed by atoms with van der Waals surface area (Å²) in [5, 5.41) is 20.4. The molecular weight excluding hydrogens is 471 g/mol. The Hall–Kier alpha value is -3.45. The van der Waals surface area contributed by atoms with Gasteiger partial charge in [-0.2, -0.15) is 5.26 Å². The Labute approximate surface area is 191 Å². The van der Waals surface area contributed by atoms with Crippen LogP contribution in [0.2, 0.25) is 5.02 Å². The van der Waals surface area contributed by atoms with Gasteiger partial charge in [-0.3, -0.25) is 14.1 Å². The van der Waals surface area contributed by atoms with Crippen molar-refractivity contribution in [3.05, 3.63) is 80.4 Å². The molecule has 3 aromatic rings. The molecule has 33 heavy (non-hydrogen) atoms. The molecule has 1 unspecified atom stereocenters. The van der Waals surface area contributed by atoms with Crippen molar-refractivity contribution in [1.82, 2.24) is 9.55 Å². The lowest BCUT2D eigenvalue weighted by atomic mass is 10.1. The molecule has 0 spiro atoms. The second kappa shape index (κ2) is 8.83. The second-order valence-electron chi connectivity index (χ2n) is 7.09. The zero-order chi connectivity index (χ0) is 23.8. The summed E-state index contributed by atoms with van der Waals surface area (Å²) in [5.41, 5.74) is 2.09. The maximum absolute atomic E-state index is 12.8. The monoisotopic (exact) mass is 486 g/mol. The van der Waals surface area contributed by atoms with Crippen LogP contribution in [0.3, 0.4) is 0 Å². The molecule has 0 amide bonds. The van der Waals surface area contributed by atoms with Crippen LogP contribution in [0.4, 0.5) is 5.69 Å². The molecule has 10 nitrogen and oxygen atoms in total. The van der Waals surface area contributed by atoms with Crippen LogP contribution in [0.25, 0.3) is 11.6 Å². The maximum Gasteiger partial charge on any atom is 0.469 e. The van der Waals surface area contributed by atoms with E-state index < -0.39 is 32.0 Å². The number of nitrogens with one attached hydrogen (secondary N) is 1. The lowest BCUT2D eigenvalue weighted by Gasteiger charge is -2.19. The molecule has 1 aliphatic rings. The molecular formula is C21H16ClN4O6P. The van der Waals surface area contributed by atoms with Crippen LogP contribution in [0, 0.1) is 11.3 Å². The van der Waals surface area contributed by atoms with E-state index >= 15 is 0 Å². The predicted octanol–water partition coefficient (Wildman–Crippen LogP) is 3.36. The Balaban J connectivity index is 1.76. The number of phosphoric acid groups is 1. The van der Waals surface area contributed by atoms with Crippen LogP contribution < -0.4 is 5.69 Å². The first-order valence-electron chi connectivity index (χ1n) is 9.45. The van der Waals surface area contributed by atoms with E-state index in [0.29, 0.717) is 27.4 Å². The topological polar surface area (TPSA) is 161 Å². The zero-order valence-corrected chi connectivity index (χ0v) is 18.4. The fourth-order valence-corrected chi connectivity index (χ4v) is 3.95. The molecule has 0 fully saturated rings. The van der Waals surface area contributed by atoms with Crippen molar-refractivity contribution < 1.29 is 24.0 Å². The van der Waals surface area contributed by atoms with E-state index in [1.54, 1.807) is 24.4 Å². The van der Waals surface area contributed by atoms with Crippen molar-refractivity contribution in [3.8, 4) is 11.9 Å². The fourth-order valence-electron chi connectivity index (χ4n) is 3.45. The fraction of sp³-hybridized carbons (Fsp3) is 0.0952. The molecule has 168 valence electrons. The normalized spacial score (nSPS) is 14.9. The second-order valence-corrected chi connectivity index (χ2v) is 8.77. The third kappa shape index (κ3) is 4.83. The SMILES string of the molecule is N#Cc1ccc(C(COP(=O)(O)O)n2c(O)c(C=C3C=Nc4cc(Cl)ccc43)[nH]c2=O)cc1. The molecule has 1 atom stereocenters. The standard InChI is InChI=1S/C21H16ClN4O6P/c22-15-5-6-16-14(10-24-17(16)8-15)7-18-20(27)26(21(28)25-18)19(11-32-33(29,30)31)13-3-1-12(9-23)2-4-13/h1-8,10,19,27H,11H2,(H,25,28)(H2,29,30,31). The summed E-state index contributed by atoms with van der Waals surface area (Å²) >= 11 is 5.99. The van der Waals surface area contributed by atoms with Crippen molar-refractivity contribution >= 4 is 43.0 Å². The van der Waals surface area contributed by atoms with Crippen molar-refractivity contribution in [2.24, 2.45) is 4.99 Å². The van der Waals surface area contributed by atoms with Crippen molar-refractivity contribution in [1.29, 1.82) is 5.26 Å². The first-order chi connectivity index (χ1) is 15.7. The van der Waals surface area contributed by atoms with Gasteiger partial charge in [0.05, 0.1) is 30.0 Å². The van der Waals surface area contributed by atoms with Crippen LogP contribution in [0.15, 0.2) is 52.3 Å². The zero-order valence-electron chi connectivity index (χ0n) is 16.7. The van der Waals surface area contributed by atoms with Crippen LogP contribution in [0.5, 0.6) is 5.88 Å². The quantitative estimate of drug-likeness (QED) is 0.388. The number of fused-ring (bicyclic) bond motifs is 1. The predicted molar refractivity (Wildman–Crippen MR) is 121 cm³/mol. The van der Waals surface area contributed by atoms with Gasteiger partial charge in [-0.15, -0.1) is 0 Å². The van der Waals surface area contributed by atoms with Gasteiger partial charge in [-0.25, -0.2) is 9.36 Å². The highest BCUT2D eigenvalue weighted by atomic mass is 35.5. The van der Waals surface area contributed by atoms with E-state index in [9.17, 15) is 14.5 Å². The summed E-state index contributed by atoms with van der Waals surface area (Å²) in [7, 11) is -4.86. The maximum atomic E-state index is 12.8. The number of rotatable bonds is 6. The Kier molecular flexibility index (Phi) is 6.08. The van der Waals surface area contributed by atoms with Crippen LogP contribution in [-0.2, 0) is 9.09 Å². The molecule has 4 N–H and O–H groups in total. The summed E-state index contributed by atoms with van der Waals surface area (Å²) in [6, 6.07) is 12.0. The molecule has 0 bridgehead atoms. The summed E-state index contributed by atoms with van der Waals surface area (Å²) in [6.45, 7) is -0.611. The molecule has 2 heterocycles. The number of aromatic amines is 1. The summed E-state index contributed by atoms with van der Waals surface area (Å²) in [6.07, 6.45) is 3.08. The molecule has 1 aromatic heterocycles. The summed E-state index contributed by atoms with van der Waals surface area (Å²) in [5.74, 6) is -0.466. The van der Waals surface area contributed by atoms with E-state index in [2.05, 4.69) is 14.5 Å². The molecule has 0 saturated carbocycles. The van der Waals surface area contributed by atoms with Gasteiger partial charge in [0.25, 0.3) is 0 Å². The number of benzene rings is 2. The summed E-state index contributed by atoms with van der Waals surface area (Å²) in [4.78, 5) is 37.8. The van der Waals surface area contributed by atoms with E-state index in [1.807, 2.05) is 6.07 Å². The Morgan fingerprint density at radius 3 is 2.67 bits per heavy atom. The Bertz CT molecular complexity index is 1430. The number of phosphoric ester groups is 1. The number of aliphatic imine (C=N–C) groups is 1. The average molecular weight is 487 g/mol. The minimum Gasteiger partial charge on any atom is -0.493 e. The molecule has 1 aliphatic heterocycles. The lowest BCUT2D eigenvalue weighted by molar-refractivity contribution is 0.175. The third-order valence-corrected chi connectivity index (χ3v) is 5.70. The van der Waals surface area contributed by atoms with Crippen LogP contribution in [-0.4, -0.2) is 37.3 Å². The molecule has 0 saturated heterocycles. The number of aromatic hydroxyl groups is 1. The minimum atomic E-state index is -4.86. The van der Waals surface area contributed by atoms with Gasteiger partial charge in [0, 0.05) is 22.4 Å². The minimum absolute atomic E-state index is 0.0686. The number of aromatic nitrogens is 2. The van der Waals surface area contributed by atoms with Gasteiger partial charge in [0.15, 0.2) is 0 Å². The first kappa shape index (κ1) is 22.7. The third-order valence-electron chi connectivity index (χ3n) is 4.98. The smallest absolute Gasteiger partial charge is 0.469 e. The van der Waals surface area contributed by atoms with Gasteiger partial charge in [-0.05, 0) is 35.9 Å². The molecule has 0 radical (unpaired) electrons. The molecule has 12 heteroatoms. The first-order valence-corrected chi connectivity index (χ1v) is 11.4. The average Bonchev–Trinajstić information content (AvgIpc) is 3.28. The Morgan fingerprint density at radius 2 is 2.00 bits per heavy atom. The number of nitriles is 1. The number of imidazole rings is 1. The number of halogens is 1. The number of allylic oxidation sites excluding steroid dienone is 1. The van der Waals surface area contributed by atoms with E-state index in [1.165, 1.54) is 30.3 Å². The van der Waals surface area contributed by atoms with Gasteiger partial charge in [0.1, 0.15) is 5.69 Å². The van der Waals surface area contributed by atoms with Crippen molar-refractivity contribution in [2.45, 2.75) is 6.04 Å². The Morgan fingerprint density at radius 1 is 1.27 bits per heavy atom. The van der Waals surface area contributed by atoms with Crippen molar-refractivity contribution in [3.63, 3.8) is 0 Å². The highest BCUT2D eigenvalue weighted by Crippen LogP contribution is 2.39. The molecule has 2 aromatic carbocycles. The molecule has 0 aliphatic carbocycles. The van der Waals surface area contributed by atoms with Gasteiger partial charge in [-0.1, -0.05) is 29.8 Å². The highest BCUT2D eigenvalue weighted by Gasteiger charge is 2.26. The van der Waals surface area contributed by atoms with Gasteiger partial charge in [0.2, 0.25) is 5.88 Å². The van der Waals surface area contributed by atoms with E-state index in [-0.39, 0.29) is 5.69 Å². The molecule has 4 rings (SSSR count).